The molecule has 7 nitrogen and oxygen atoms in total. The minimum atomic E-state index is -0.238. The number of carbonyl (C=O) groups excluding carboxylic acids is 1. The molecular weight excluding hydrogens is 424 g/mol. The highest BCUT2D eigenvalue weighted by atomic mass is 35.5. The zero-order valence-electron chi connectivity index (χ0n) is 18.1. The predicted octanol–water partition coefficient (Wildman–Crippen LogP) is 4.83. The summed E-state index contributed by atoms with van der Waals surface area (Å²) in [6, 6.07) is 9.24. The Kier molecular flexibility index (Phi) is 4.86. The molecule has 0 aliphatic carbocycles. The minimum absolute atomic E-state index is 0.161. The van der Waals surface area contributed by atoms with Gasteiger partial charge in [0.15, 0.2) is 0 Å². The highest BCUT2D eigenvalue weighted by Gasteiger charge is 2.32. The third-order valence-electron chi connectivity index (χ3n) is 5.72. The summed E-state index contributed by atoms with van der Waals surface area (Å²) in [6.45, 7) is 5.33. The normalized spacial score (nSPS) is 14.4. The van der Waals surface area contributed by atoms with Gasteiger partial charge in [0, 0.05) is 53.9 Å². The number of benzene rings is 1. The predicted molar refractivity (Wildman–Crippen MR) is 125 cm³/mol. The molecule has 0 saturated carbocycles. The number of aromatic nitrogens is 5. The second-order valence-electron chi connectivity index (χ2n) is 8.99. The molecule has 162 valence electrons. The van der Waals surface area contributed by atoms with Crippen molar-refractivity contribution in [1.82, 2.24) is 24.5 Å². The Labute approximate surface area is 191 Å². The molecule has 8 heteroatoms. The molecule has 0 fully saturated rings. The summed E-state index contributed by atoms with van der Waals surface area (Å²) >= 11 is 6.48. The third-order valence-corrected chi connectivity index (χ3v) is 6.02. The molecule has 1 aliphatic heterocycles. The maximum absolute atomic E-state index is 12.9. The van der Waals surface area contributed by atoms with Gasteiger partial charge in [-0.3, -0.25) is 14.2 Å². The van der Waals surface area contributed by atoms with E-state index in [1.165, 1.54) is 0 Å². The summed E-state index contributed by atoms with van der Waals surface area (Å²) in [5.74, 6) is 0.205. The zero-order chi connectivity index (χ0) is 22.5. The number of hydrogen-bond acceptors (Lipinski definition) is 4. The fraction of sp³-hybridized carbons (Fsp3) is 0.250. The van der Waals surface area contributed by atoms with Crippen LogP contribution >= 0.6 is 11.6 Å². The number of hydrogen-bond donors (Lipinski definition) is 1. The van der Waals surface area contributed by atoms with Gasteiger partial charge >= 0.3 is 0 Å². The van der Waals surface area contributed by atoms with Gasteiger partial charge in [0.2, 0.25) is 0 Å². The van der Waals surface area contributed by atoms with Crippen LogP contribution in [-0.4, -0.2) is 30.5 Å². The van der Waals surface area contributed by atoms with Crippen LogP contribution in [-0.2, 0) is 20.0 Å². The Morgan fingerprint density at radius 3 is 2.72 bits per heavy atom. The summed E-state index contributed by atoms with van der Waals surface area (Å²) in [5, 5.41) is 12.2. The van der Waals surface area contributed by atoms with Crippen LogP contribution in [0.4, 0.5) is 5.82 Å². The number of carbonyl (C=O) groups is 1. The summed E-state index contributed by atoms with van der Waals surface area (Å²) in [6.07, 6.45) is 8.02. The van der Waals surface area contributed by atoms with E-state index in [9.17, 15) is 4.79 Å². The van der Waals surface area contributed by atoms with Gasteiger partial charge in [0.25, 0.3) is 5.91 Å². The first-order valence-electron chi connectivity index (χ1n) is 10.4. The van der Waals surface area contributed by atoms with Crippen LogP contribution < -0.4 is 5.32 Å². The van der Waals surface area contributed by atoms with Gasteiger partial charge in [-0.15, -0.1) is 0 Å². The summed E-state index contributed by atoms with van der Waals surface area (Å²) in [7, 11) is 1.86. The van der Waals surface area contributed by atoms with Crippen LogP contribution in [0.25, 0.3) is 22.3 Å². The Morgan fingerprint density at radius 2 is 1.94 bits per heavy atom. The average Bonchev–Trinajstić information content (AvgIpc) is 3.43. The Balaban J connectivity index is 1.41. The van der Waals surface area contributed by atoms with Crippen LogP contribution in [0.2, 0.25) is 5.02 Å². The van der Waals surface area contributed by atoms with E-state index >= 15 is 0 Å². The largest absolute Gasteiger partial charge is 0.307 e. The van der Waals surface area contributed by atoms with E-state index in [1.807, 2.05) is 48.4 Å². The first-order valence-corrected chi connectivity index (χ1v) is 10.8. The topological polar surface area (TPSA) is 77.6 Å². The van der Waals surface area contributed by atoms with E-state index < -0.39 is 0 Å². The highest BCUT2D eigenvalue weighted by Crippen LogP contribution is 2.39. The van der Waals surface area contributed by atoms with E-state index in [0.717, 1.165) is 40.9 Å². The fourth-order valence-electron chi connectivity index (χ4n) is 4.19. The molecule has 0 unspecified atom stereocenters. The van der Waals surface area contributed by atoms with Crippen molar-refractivity contribution in [3.63, 3.8) is 0 Å². The Morgan fingerprint density at radius 1 is 1.09 bits per heavy atom. The SMILES string of the molecule is Cn1cc(-c2cccc(C(=O)Nc3cc(-c4cnn5c4CC(C)(C)C5)c(Cl)cn3)c2)cn1. The number of pyridine rings is 1. The lowest BCUT2D eigenvalue weighted by atomic mass is 9.89. The fourth-order valence-corrected chi connectivity index (χ4v) is 4.39. The molecule has 0 radical (unpaired) electrons. The molecule has 3 aromatic heterocycles. The molecule has 1 amide bonds. The molecule has 1 aliphatic rings. The number of amides is 1. The number of anilines is 1. The lowest BCUT2D eigenvalue weighted by Crippen LogP contribution is -2.13. The molecule has 4 aromatic rings. The molecule has 1 N–H and O–H groups in total. The van der Waals surface area contributed by atoms with Crippen LogP contribution in [0.3, 0.4) is 0 Å². The molecule has 0 spiro atoms. The summed E-state index contributed by atoms with van der Waals surface area (Å²) in [5.41, 5.74) is 5.54. The van der Waals surface area contributed by atoms with Crippen molar-refractivity contribution >= 4 is 23.3 Å². The van der Waals surface area contributed by atoms with Crippen LogP contribution in [0.15, 0.2) is 55.1 Å². The first kappa shape index (κ1) is 20.5. The van der Waals surface area contributed by atoms with Crippen molar-refractivity contribution in [2.75, 3.05) is 5.32 Å². The quantitative estimate of drug-likeness (QED) is 0.487. The first-order chi connectivity index (χ1) is 15.3. The number of halogens is 1. The number of rotatable bonds is 4. The molecule has 5 rings (SSSR count). The molecule has 0 atom stereocenters. The minimum Gasteiger partial charge on any atom is -0.307 e. The van der Waals surface area contributed by atoms with Gasteiger partial charge in [-0.2, -0.15) is 10.2 Å². The van der Waals surface area contributed by atoms with E-state index in [1.54, 1.807) is 23.1 Å². The molecule has 1 aromatic carbocycles. The van der Waals surface area contributed by atoms with Gasteiger partial charge in [0.05, 0.1) is 17.4 Å². The number of nitrogens with zero attached hydrogens (tertiary/aromatic N) is 5. The van der Waals surface area contributed by atoms with Crippen LogP contribution in [0.5, 0.6) is 0 Å². The molecule has 0 saturated heterocycles. The van der Waals surface area contributed by atoms with Crippen molar-refractivity contribution in [1.29, 1.82) is 0 Å². The van der Waals surface area contributed by atoms with Gasteiger partial charge in [-0.05, 0) is 35.6 Å². The van der Waals surface area contributed by atoms with Crippen molar-refractivity contribution < 1.29 is 4.79 Å². The standard InChI is InChI=1S/C24H23ClN6O/c1-24(2)9-21-19(11-28-31(21)14-24)18-8-22(26-12-20(18)25)29-23(32)16-6-4-5-15(7-16)17-10-27-30(3)13-17/h4-8,10-13H,9,14H2,1-3H3,(H,26,29,32). The van der Waals surface area contributed by atoms with Crippen LogP contribution in [0, 0.1) is 5.41 Å². The second kappa shape index (κ2) is 7.60. The molecule has 0 bridgehead atoms. The lowest BCUT2D eigenvalue weighted by Gasteiger charge is -2.14. The van der Waals surface area contributed by atoms with E-state index in [4.69, 9.17) is 11.6 Å². The van der Waals surface area contributed by atoms with Crippen LogP contribution in [0.1, 0.15) is 29.9 Å². The molecule has 4 heterocycles. The number of fused-ring (bicyclic) bond motifs is 1. The summed E-state index contributed by atoms with van der Waals surface area (Å²) < 4.78 is 3.77. The van der Waals surface area contributed by atoms with Crippen molar-refractivity contribution in [2.45, 2.75) is 26.8 Å². The highest BCUT2D eigenvalue weighted by molar-refractivity contribution is 6.33. The van der Waals surface area contributed by atoms with E-state index in [2.05, 4.69) is 34.3 Å². The number of aryl methyl sites for hydroxylation is 1. The smallest absolute Gasteiger partial charge is 0.256 e. The Hall–Kier alpha value is -3.45. The lowest BCUT2D eigenvalue weighted by molar-refractivity contribution is 0.102. The maximum Gasteiger partial charge on any atom is 0.256 e. The van der Waals surface area contributed by atoms with Crippen molar-refractivity contribution in [3.8, 4) is 22.3 Å². The van der Waals surface area contributed by atoms with E-state index in [-0.39, 0.29) is 11.3 Å². The Bertz CT molecular complexity index is 1340. The molecular formula is C24H23ClN6O. The molecule has 32 heavy (non-hydrogen) atoms. The van der Waals surface area contributed by atoms with Crippen molar-refractivity contribution in [3.05, 3.63) is 71.4 Å². The third kappa shape index (κ3) is 3.80. The van der Waals surface area contributed by atoms with Gasteiger partial charge in [0.1, 0.15) is 5.82 Å². The van der Waals surface area contributed by atoms with E-state index in [0.29, 0.717) is 16.4 Å². The summed E-state index contributed by atoms with van der Waals surface area (Å²) in [4.78, 5) is 17.3. The maximum atomic E-state index is 12.9. The van der Waals surface area contributed by atoms with Gasteiger partial charge in [-0.25, -0.2) is 4.98 Å². The van der Waals surface area contributed by atoms with Crippen molar-refractivity contribution in [2.24, 2.45) is 12.5 Å². The monoisotopic (exact) mass is 446 g/mol. The average molecular weight is 447 g/mol. The van der Waals surface area contributed by atoms with Gasteiger partial charge < -0.3 is 5.32 Å². The van der Waals surface area contributed by atoms with Gasteiger partial charge in [-0.1, -0.05) is 37.6 Å². The zero-order valence-corrected chi connectivity index (χ0v) is 18.9. The number of nitrogens with one attached hydrogen (secondary N) is 1. The second-order valence-corrected chi connectivity index (χ2v) is 9.40.